The normalized spacial score (nSPS) is 10.3. The van der Waals surface area contributed by atoms with E-state index >= 15 is 0 Å². The summed E-state index contributed by atoms with van der Waals surface area (Å²) in [4.78, 5) is 10.7. The van der Waals surface area contributed by atoms with Crippen molar-refractivity contribution in [2.75, 3.05) is 5.75 Å². The number of rotatable bonds is 1. The molecular formula is C13H8F3NOS. The zero-order valence-corrected chi connectivity index (χ0v) is 10.7. The molecule has 0 heterocycles. The first-order valence-electron chi connectivity index (χ1n) is 5.08. The van der Waals surface area contributed by atoms with Crippen molar-refractivity contribution in [2.24, 2.45) is 0 Å². The van der Waals surface area contributed by atoms with Gasteiger partial charge < -0.3 is 0 Å². The van der Waals surface area contributed by atoms with Gasteiger partial charge in [0, 0.05) is 12.5 Å². The van der Waals surface area contributed by atoms with Crippen LogP contribution in [0.15, 0.2) is 18.2 Å². The van der Waals surface area contributed by atoms with Gasteiger partial charge >= 0.3 is 6.18 Å². The molecular weight excluding hydrogens is 275 g/mol. The van der Waals surface area contributed by atoms with Crippen molar-refractivity contribution >= 4 is 16.9 Å². The molecule has 1 aromatic carbocycles. The van der Waals surface area contributed by atoms with E-state index in [1.54, 1.807) is 6.07 Å². The Morgan fingerprint density at radius 1 is 1.37 bits per heavy atom. The molecule has 1 aromatic rings. The Hall–Kier alpha value is -1.92. The molecule has 2 nitrogen and oxygen atoms in total. The number of thioether (sulfide) groups is 1. The predicted molar refractivity (Wildman–Crippen MR) is 66.2 cm³/mol. The maximum Gasteiger partial charge on any atom is 0.416 e. The number of hydrogen-bond donors (Lipinski definition) is 0. The molecule has 0 aliphatic heterocycles. The van der Waals surface area contributed by atoms with Crippen LogP contribution < -0.4 is 0 Å². The van der Waals surface area contributed by atoms with Gasteiger partial charge in [-0.1, -0.05) is 23.6 Å². The first-order valence-corrected chi connectivity index (χ1v) is 6.06. The lowest BCUT2D eigenvalue weighted by Crippen LogP contribution is -2.05. The van der Waals surface area contributed by atoms with Gasteiger partial charge in [-0.2, -0.15) is 18.4 Å². The quantitative estimate of drug-likeness (QED) is 0.743. The summed E-state index contributed by atoms with van der Waals surface area (Å²) in [6.45, 7) is 1.39. The fourth-order valence-electron chi connectivity index (χ4n) is 1.19. The van der Waals surface area contributed by atoms with Crippen LogP contribution >= 0.6 is 11.8 Å². The first-order chi connectivity index (χ1) is 8.84. The SMILES string of the molecule is CC(=O)SCC#Cc1ccc(C(F)(F)F)cc1C#N. The Morgan fingerprint density at radius 3 is 2.58 bits per heavy atom. The van der Waals surface area contributed by atoms with Crippen LogP contribution in [0.5, 0.6) is 0 Å². The van der Waals surface area contributed by atoms with Gasteiger partial charge in [-0.05, 0) is 18.2 Å². The van der Waals surface area contributed by atoms with Crippen LogP contribution in [0.1, 0.15) is 23.6 Å². The van der Waals surface area contributed by atoms with E-state index in [4.69, 9.17) is 5.26 Å². The van der Waals surface area contributed by atoms with Crippen LogP contribution in [0, 0.1) is 23.2 Å². The molecule has 1 rings (SSSR count). The van der Waals surface area contributed by atoms with Gasteiger partial charge in [0.05, 0.1) is 16.9 Å². The fraction of sp³-hybridized carbons (Fsp3) is 0.231. The number of halogens is 3. The zero-order valence-electron chi connectivity index (χ0n) is 9.84. The molecule has 0 spiro atoms. The highest BCUT2D eigenvalue weighted by Gasteiger charge is 2.30. The molecule has 0 N–H and O–H groups in total. The highest BCUT2D eigenvalue weighted by Crippen LogP contribution is 2.30. The number of hydrogen-bond acceptors (Lipinski definition) is 3. The highest BCUT2D eigenvalue weighted by molar-refractivity contribution is 8.13. The van der Waals surface area contributed by atoms with Gasteiger partial charge in [-0.25, -0.2) is 0 Å². The topological polar surface area (TPSA) is 40.9 Å². The van der Waals surface area contributed by atoms with E-state index in [1.807, 2.05) is 0 Å². The molecule has 0 aliphatic carbocycles. The summed E-state index contributed by atoms with van der Waals surface area (Å²) in [6, 6.07) is 4.48. The van der Waals surface area contributed by atoms with Gasteiger partial charge in [0.2, 0.25) is 0 Å². The third-order valence-electron chi connectivity index (χ3n) is 2.04. The van der Waals surface area contributed by atoms with Crippen LogP contribution in [0.25, 0.3) is 0 Å². The predicted octanol–water partition coefficient (Wildman–Crippen LogP) is 3.21. The zero-order chi connectivity index (χ0) is 14.5. The van der Waals surface area contributed by atoms with E-state index in [0.717, 1.165) is 30.0 Å². The van der Waals surface area contributed by atoms with Crippen molar-refractivity contribution < 1.29 is 18.0 Å². The Labute approximate surface area is 112 Å². The number of nitrogens with zero attached hydrogens (tertiary/aromatic N) is 1. The summed E-state index contributed by atoms with van der Waals surface area (Å²) in [6.07, 6.45) is -4.48. The lowest BCUT2D eigenvalue weighted by atomic mass is 10.0. The smallest absolute Gasteiger partial charge is 0.288 e. The van der Waals surface area contributed by atoms with Crippen LogP contribution in [0.3, 0.4) is 0 Å². The molecule has 0 fully saturated rings. The largest absolute Gasteiger partial charge is 0.416 e. The summed E-state index contributed by atoms with van der Waals surface area (Å²) >= 11 is 0.996. The number of benzene rings is 1. The molecule has 0 aliphatic rings. The maximum atomic E-state index is 12.4. The minimum atomic E-state index is -4.48. The minimum absolute atomic E-state index is 0.0952. The highest BCUT2D eigenvalue weighted by atomic mass is 32.2. The Kier molecular flexibility index (Phi) is 5.02. The monoisotopic (exact) mass is 283 g/mol. The lowest BCUT2D eigenvalue weighted by molar-refractivity contribution is -0.137. The van der Waals surface area contributed by atoms with Gasteiger partial charge in [0.25, 0.3) is 0 Å². The van der Waals surface area contributed by atoms with Crippen molar-refractivity contribution in [3.63, 3.8) is 0 Å². The van der Waals surface area contributed by atoms with E-state index in [0.29, 0.717) is 0 Å². The molecule has 0 unspecified atom stereocenters. The molecule has 19 heavy (non-hydrogen) atoms. The van der Waals surface area contributed by atoms with E-state index in [9.17, 15) is 18.0 Å². The van der Waals surface area contributed by atoms with E-state index in [-0.39, 0.29) is 22.0 Å². The van der Waals surface area contributed by atoms with Gasteiger partial charge in [-0.15, -0.1) is 0 Å². The summed E-state index contributed by atoms with van der Waals surface area (Å²) in [5.41, 5.74) is -0.789. The summed E-state index contributed by atoms with van der Waals surface area (Å²) in [7, 11) is 0. The second-order valence-corrected chi connectivity index (χ2v) is 4.60. The average Bonchev–Trinajstić information content (AvgIpc) is 2.33. The van der Waals surface area contributed by atoms with E-state index in [2.05, 4.69) is 11.8 Å². The lowest BCUT2D eigenvalue weighted by Gasteiger charge is -2.06. The molecule has 0 aromatic heterocycles. The molecule has 0 bridgehead atoms. The van der Waals surface area contributed by atoms with Gasteiger partial charge in [0.15, 0.2) is 5.12 Å². The van der Waals surface area contributed by atoms with Crippen molar-refractivity contribution in [1.29, 1.82) is 5.26 Å². The Balaban J connectivity index is 2.98. The van der Waals surface area contributed by atoms with Crippen molar-refractivity contribution in [2.45, 2.75) is 13.1 Å². The molecule has 6 heteroatoms. The number of carbonyl (C=O) groups is 1. The molecule has 0 saturated carbocycles. The summed E-state index contributed by atoms with van der Waals surface area (Å²) < 4.78 is 37.3. The fourth-order valence-corrected chi connectivity index (χ4v) is 1.54. The second-order valence-electron chi connectivity index (χ2n) is 3.45. The number of alkyl halides is 3. The molecule has 98 valence electrons. The summed E-state index contributed by atoms with van der Waals surface area (Å²) in [5.74, 6) is 5.45. The molecule has 0 saturated heterocycles. The second kappa shape index (κ2) is 6.31. The van der Waals surface area contributed by atoms with Crippen molar-refractivity contribution in [3.05, 3.63) is 34.9 Å². The Bertz CT molecular complexity index is 591. The van der Waals surface area contributed by atoms with Crippen LogP contribution in [-0.2, 0) is 11.0 Å². The van der Waals surface area contributed by atoms with Crippen molar-refractivity contribution in [3.8, 4) is 17.9 Å². The molecule has 0 amide bonds. The number of nitriles is 1. The van der Waals surface area contributed by atoms with Gasteiger partial charge in [-0.3, -0.25) is 4.79 Å². The molecule has 0 atom stereocenters. The summed E-state index contributed by atoms with van der Waals surface area (Å²) in [5, 5.41) is 8.71. The number of carbonyl (C=O) groups excluding carboxylic acids is 1. The van der Waals surface area contributed by atoms with Crippen LogP contribution in [0.2, 0.25) is 0 Å². The minimum Gasteiger partial charge on any atom is -0.288 e. The third-order valence-corrected chi connectivity index (χ3v) is 2.73. The van der Waals surface area contributed by atoms with Gasteiger partial charge in [0.1, 0.15) is 6.07 Å². The third kappa shape index (κ3) is 4.69. The van der Waals surface area contributed by atoms with E-state index < -0.39 is 11.7 Å². The maximum absolute atomic E-state index is 12.4. The average molecular weight is 283 g/mol. The van der Waals surface area contributed by atoms with E-state index in [1.165, 1.54) is 6.92 Å². The van der Waals surface area contributed by atoms with Crippen LogP contribution in [0.4, 0.5) is 13.2 Å². The van der Waals surface area contributed by atoms with Crippen molar-refractivity contribution in [1.82, 2.24) is 0 Å². The molecule has 0 radical (unpaired) electrons. The standard InChI is InChI=1S/C13H8F3NOS/c1-9(18)19-6-2-3-10-4-5-12(13(14,15)16)7-11(10)8-17/h4-5,7H,6H2,1H3. The Morgan fingerprint density at radius 2 is 2.05 bits per heavy atom. The van der Waals surface area contributed by atoms with Crippen LogP contribution in [-0.4, -0.2) is 10.9 Å². The first kappa shape index (κ1) is 15.1.